The maximum atomic E-state index is 9.59. The molecule has 0 fully saturated rings. The van der Waals surface area contributed by atoms with Gasteiger partial charge in [0.2, 0.25) is 0 Å². The van der Waals surface area contributed by atoms with Gasteiger partial charge in [0.15, 0.2) is 0 Å². The molecule has 0 aliphatic rings. The van der Waals surface area contributed by atoms with Gasteiger partial charge in [-0.15, -0.1) is 0 Å². The van der Waals surface area contributed by atoms with Crippen LogP contribution in [0.5, 0.6) is 11.5 Å². The molecule has 30 heavy (non-hydrogen) atoms. The summed E-state index contributed by atoms with van der Waals surface area (Å²) in [6.07, 6.45) is 9.86. The fourth-order valence-corrected chi connectivity index (χ4v) is 3.68. The molecular weight excluding hydrogens is 372 g/mol. The molecule has 1 aromatic carbocycles. The van der Waals surface area contributed by atoms with E-state index >= 15 is 0 Å². The van der Waals surface area contributed by atoms with Crippen molar-refractivity contribution >= 4 is 0 Å². The van der Waals surface area contributed by atoms with Gasteiger partial charge in [0.05, 0.1) is 19.8 Å². The standard InChI is InChI=1S/C27H48O3/c1-21(2)9-7-11-23(5)13-15-29-26-17-25(20-28)18-27(19-26)30-16-14-24(6)12-8-10-22(3)4/h17-19,21-24,28H,7-16,20H2,1-6H3. The Morgan fingerprint density at radius 1 is 0.633 bits per heavy atom. The minimum Gasteiger partial charge on any atom is -0.493 e. The zero-order valence-corrected chi connectivity index (χ0v) is 20.6. The molecule has 0 aliphatic carbocycles. The Kier molecular flexibility index (Phi) is 13.9. The molecule has 3 nitrogen and oxygen atoms in total. The van der Waals surface area contributed by atoms with Crippen LogP contribution in [0.25, 0.3) is 0 Å². The highest BCUT2D eigenvalue weighted by Crippen LogP contribution is 2.25. The predicted molar refractivity (Wildman–Crippen MR) is 128 cm³/mol. The van der Waals surface area contributed by atoms with Crippen molar-refractivity contribution in [2.75, 3.05) is 13.2 Å². The largest absolute Gasteiger partial charge is 0.493 e. The summed E-state index contributed by atoms with van der Waals surface area (Å²) < 4.78 is 12.0. The molecule has 0 saturated heterocycles. The van der Waals surface area contributed by atoms with E-state index in [0.29, 0.717) is 25.0 Å². The van der Waals surface area contributed by atoms with Crippen molar-refractivity contribution in [2.45, 2.75) is 99.5 Å². The van der Waals surface area contributed by atoms with Crippen LogP contribution >= 0.6 is 0 Å². The third-order valence-electron chi connectivity index (χ3n) is 5.84. The fourth-order valence-electron chi connectivity index (χ4n) is 3.68. The number of aliphatic hydroxyl groups is 1. The van der Waals surface area contributed by atoms with Crippen molar-refractivity contribution in [2.24, 2.45) is 23.7 Å². The lowest BCUT2D eigenvalue weighted by Crippen LogP contribution is -2.07. The second-order valence-electron chi connectivity index (χ2n) is 10.1. The van der Waals surface area contributed by atoms with E-state index in [1.54, 1.807) is 0 Å². The minimum atomic E-state index is 0.00473. The summed E-state index contributed by atoms with van der Waals surface area (Å²) in [7, 11) is 0. The SMILES string of the molecule is CC(C)CCCC(C)CCOc1cc(CO)cc(OCCC(C)CCCC(C)C)c1. The van der Waals surface area contributed by atoms with E-state index < -0.39 is 0 Å². The molecule has 2 atom stereocenters. The van der Waals surface area contributed by atoms with Crippen LogP contribution in [-0.4, -0.2) is 18.3 Å². The van der Waals surface area contributed by atoms with Crippen LogP contribution in [0, 0.1) is 23.7 Å². The topological polar surface area (TPSA) is 38.7 Å². The Bertz CT molecular complexity index is 509. The quantitative estimate of drug-likeness (QED) is 0.281. The van der Waals surface area contributed by atoms with Crippen molar-refractivity contribution in [3.8, 4) is 11.5 Å². The smallest absolute Gasteiger partial charge is 0.123 e. The predicted octanol–water partition coefficient (Wildman–Crippen LogP) is 7.64. The van der Waals surface area contributed by atoms with Crippen molar-refractivity contribution in [1.29, 1.82) is 0 Å². The second kappa shape index (κ2) is 15.6. The highest BCUT2D eigenvalue weighted by molar-refractivity contribution is 5.38. The first kappa shape index (κ1) is 26.8. The van der Waals surface area contributed by atoms with E-state index in [9.17, 15) is 5.11 Å². The van der Waals surface area contributed by atoms with Crippen LogP contribution < -0.4 is 9.47 Å². The molecule has 0 spiro atoms. The summed E-state index contributed by atoms with van der Waals surface area (Å²) in [5.74, 6) is 4.54. The summed E-state index contributed by atoms with van der Waals surface area (Å²) in [5.41, 5.74) is 0.845. The summed E-state index contributed by atoms with van der Waals surface area (Å²) in [6, 6.07) is 5.81. The molecule has 0 saturated carbocycles. The molecule has 1 aromatic rings. The van der Waals surface area contributed by atoms with Crippen molar-refractivity contribution in [1.82, 2.24) is 0 Å². The maximum Gasteiger partial charge on any atom is 0.123 e. The van der Waals surface area contributed by atoms with E-state index in [0.717, 1.165) is 41.7 Å². The van der Waals surface area contributed by atoms with E-state index in [4.69, 9.17) is 9.47 Å². The van der Waals surface area contributed by atoms with Gasteiger partial charge < -0.3 is 14.6 Å². The average molecular weight is 421 g/mol. The van der Waals surface area contributed by atoms with Crippen LogP contribution in [0.4, 0.5) is 0 Å². The van der Waals surface area contributed by atoms with E-state index in [1.165, 1.54) is 38.5 Å². The maximum absolute atomic E-state index is 9.59. The molecule has 0 bridgehead atoms. The second-order valence-corrected chi connectivity index (χ2v) is 10.1. The molecule has 0 aromatic heterocycles. The molecule has 1 rings (SSSR count). The van der Waals surface area contributed by atoms with Crippen LogP contribution in [0.15, 0.2) is 18.2 Å². The number of hydrogen-bond donors (Lipinski definition) is 1. The van der Waals surface area contributed by atoms with Crippen LogP contribution in [0.3, 0.4) is 0 Å². The highest BCUT2D eigenvalue weighted by atomic mass is 16.5. The zero-order chi connectivity index (χ0) is 22.4. The molecule has 174 valence electrons. The van der Waals surface area contributed by atoms with Gasteiger partial charge in [-0.3, -0.25) is 0 Å². The Labute approximate surface area is 186 Å². The van der Waals surface area contributed by atoms with E-state index in [1.807, 2.05) is 18.2 Å². The Morgan fingerprint density at radius 3 is 1.43 bits per heavy atom. The first-order valence-corrected chi connectivity index (χ1v) is 12.3. The number of benzene rings is 1. The lowest BCUT2D eigenvalue weighted by atomic mass is 9.98. The van der Waals surface area contributed by atoms with Gasteiger partial charge in [-0.1, -0.05) is 80.1 Å². The molecule has 1 N–H and O–H groups in total. The Hall–Kier alpha value is -1.22. The van der Waals surface area contributed by atoms with Crippen LogP contribution in [-0.2, 0) is 6.61 Å². The number of ether oxygens (including phenoxy) is 2. The molecule has 0 amide bonds. The third-order valence-corrected chi connectivity index (χ3v) is 5.84. The first-order chi connectivity index (χ1) is 14.3. The summed E-state index contributed by atoms with van der Waals surface area (Å²) in [4.78, 5) is 0. The lowest BCUT2D eigenvalue weighted by molar-refractivity contribution is 0.257. The van der Waals surface area contributed by atoms with Gasteiger partial charge >= 0.3 is 0 Å². The van der Waals surface area contributed by atoms with E-state index in [2.05, 4.69) is 41.5 Å². The van der Waals surface area contributed by atoms with Gasteiger partial charge in [-0.25, -0.2) is 0 Å². The van der Waals surface area contributed by atoms with Gasteiger partial charge in [0, 0.05) is 6.07 Å². The molecule has 0 radical (unpaired) electrons. The monoisotopic (exact) mass is 420 g/mol. The normalized spacial score (nSPS) is 13.6. The van der Waals surface area contributed by atoms with Gasteiger partial charge in [0.1, 0.15) is 11.5 Å². The van der Waals surface area contributed by atoms with Crippen molar-refractivity contribution in [3.05, 3.63) is 23.8 Å². The highest BCUT2D eigenvalue weighted by Gasteiger charge is 2.08. The van der Waals surface area contributed by atoms with Gasteiger partial charge in [-0.2, -0.15) is 0 Å². The van der Waals surface area contributed by atoms with Gasteiger partial charge in [-0.05, 0) is 54.2 Å². The fraction of sp³-hybridized carbons (Fsp3) is 0.778. The molecule has 3 heteroatoms. The van der Waals surface area contributed by atoms with E-state index in [-0.39, 0.29) is 6.61 Å². The zero-order valence-electron chi connectivity index (χ0n) is 20.6. The van der Waals surface area contributed by atoms with Gasteiger partial charge in [0.25, 0.3) is 0 Å². The first-order valence-electron chi connectivity index (χ1n) is 12.3. The molecule has 2 unspecified atom stereocenters. The lowest BCUT2D eigenvalue weighted by Gasteiger charge is -2.16. The number of aliphatic hydroxyl groups excluding tert-OH is 1. The number of rotatable bonds is 17. The molecule has 0 aliphatic heterocycles. The summed E-state index contributed by atoms with van der Waals surface area (Å²) >= 11 is 0. The van der Waals surface area contributed by atoms with Crippen LogP contribution in [0.2, 0.25) is 0 Å². The molecular formula is C27H48O3. The minimum absolute atomic E-state index is 0.00473. The van der Waals surface area contributed by atoms with Crippen molar-refractivity contribution < 1.29 is 14.6 Å². The number of hydrogen-bond acceptors (Lipinski definition) is 3. The Balaban J connectivity index is 2.39. The summed E-state index contributed by atoms with van der Waals surface area (Å²) in [5, 5.41) is 9.59. The average Bonchev–Trinajstić information content (AvgIpc) is 2.67. The van der Waals surface area contributed by atoms with Crippen LogP contribution in [0.1, 0.15) is 98.5 Å². The Morgan fingerprint density at radius 2 is 1.07 bits per heavy atom. The van der Waals surface area contributed by atoms with Crippen molar-refractivity contribution in [3.63, 3.8) is 0 Å². The third kappa shape index (κ3) is 13.2. The summed E-state index contributed by atoms with van der Waals surface area (Å²) in [6.45, 7) is 15.2. The molecule has 0 heterocycles.